The van der Waals surface area contributed by atoms with Crippen molar-refractivity contribution in [2.24, 2.45) is 0 Å². The van der Waals surface area contributed by atoms with Crippen molar-refractivity contribution in [1.82, 2.24) is 10.2 Å². The fraction of sp³-hybridized carbons (Fsp3) is 0.385. The van der Waals surface area contributed by atoms with Crippen LogP contribution < -0.4 is 5.32 Å². The zero-order chi connectivity index (χ0) is 13.1. The van der Waals surface area contributed by atoms with Crippen LogP contribution in [0.1, 0.15) is 18.1 Å². The average Bonchev–Trinajstić information content (AvgIpc) is 2.37. The molecular formula is C13H14FN3O. The third kappa shape index (κ3) is 2.49. The molecule has 1 aliphatic heterocycles. The minimum absolute atomic E-state index is 0.0389. The van der Waals surface area contributed by atoms with Gasteiger partial charge in [0.25, 0.3) is 0 Å². The molecule has 1 unspecified atom stereocenters. The van der Waals surface area contributed by atoms with Gasteiger partial charge < -0.3 is 10.2 Å². The number of hydrogen-bond acceptors (Lipinski definition) is 3. The van der Waals surface area contributed by atoms with E-state index in [2.05, 4.69) is 5.32 Å². The molecule has 1 heterocycles. The van der Waals surface area contributed by atoms with E-state index in [0.29, 0.717) is 24.2 Å². The van der Waals surface area contributed by atoms with Crippen LogP contribution >= 0.6 is 0 Å². The molecule has 4 nitrogen and oxygen atoms in total. The van der Waals surface area contributed by atoms with Gasteiger partial charge in [-0.05, 0) is 25.1 Å². The van der Waals surface area contributed by atoms with Crippen molar-refractivity contribution in [3.8, 4) is 6.07 Å². The van der Waals surface area contributed by atoms with Gasteiger partial charge in [-0.15, -0.1) is 0 Å². The Bertz CT molecular complexity index is 509. The third-order valence-electron chi connectivity index (χ3n) is 3.05. The lowest BCUT2D eigenvalue weighted by Gasteiger charge is -2.31. The lowest BCUT2D eigenvalue weighted by molar-refractivity contribution is -0.135. The first-order valence-electron chi connectivity index (χ1n) is 5.82. The molecule has 5 heteroatoms. The second-order valence-corrected chi connectivity index (χ2v) is 4.35. The third-order valence-corrected chi connectivity index (χ3v) is 3.05. The maximum absolute atomic E-state index is 13.6. The lowest BCUT2D eigenvalue weighted by Crippen LogP contribution is -2.53. The second-order valence-electron chi connectivity index (χ2n) is 4.35. The molecule has 1 aromatic carbocycles. The van der Waals surface area contributed by atoms with Crippen LogP contribution in [-0.4, -0.2) is 29.9 Å². The van der Waals surface area contributed by atoms with E-state index in [9.17, 15) is 9.18 Å². The summed E-state index contributed by atoms with van der Waals surface area (Å²) in [6.07, 6.45) is 0. The van der Waals surface area contributed by atoms with Crippen LogP contribution in [-0.2, 0) is 11.3 Å². The summed E-state index contributed by atoms with van der Waals surface area (Å²) in [5.74, 6) is -0.420. The fourth-order valence-electron chi connectivity index (χ4n) is 2.02. The fourth-order valence-corrected chi connectivity index (χ4v) is 2.02. The molecule has 0 radical (unpaired) electrons. The molecule has 1 saturated heterocycles. The van der Waals surface area contributed by atoms with Gasteiger partial charge >= 0.3 is 0 Å². The molecule has 0 aromatic heterocycles. The first-order chi connectivity index (χ1) is 8.61. The summed E-state index contributed by atoms with van der Waals surface area (Å²) >= 11 is 0. The van der Waals surface area contributed by atoms with Gasteiger partial charge in [0.15, 0.2) is 0 Å². The molecule has 0 saturated carbocycles. The Labute approximate surface area is 105 Å². The predicted octanol–water partition coefficient (Wildman–Crippen LogP) is 1.02. The molecule has 0 aliphatic carbocycles. The van der Waals surface area contributed by atoms with Crippen molar-refractivity contribution in [3.63, 3.8) is 0 Å². The van der Waals surface area contributed by atoms with Crippen LogP contribution in [0.15, 0.2) is 18.2 Å². The summed E-state index contributed by atoms with van der Waals surface area (Å²) in [7, 11) is 0. The van der Waals surface area contributed by atoms with Gasteiger partial charge in [0.05, 0.1) is 17.7 Å². The monoisotopic (exact) mass is 247 g/mol. The van der Waals surface area contributed by atoms with Gasteiger partial charge in [-0.3, -0.25) is 4.79 Å². The van der Waals surface area contributed by atoms with Crippen LogP contribution in [0.3, 0.4) is 0 Å². The largest absolute Gasteiger partial charge is 0.336 e. The van der Waals surface area contributed by atoms with Crippen molar-refractivity contribution in [2.75, 3.05) is 13.1 Å². The summed E-state index contributed by atoms with van der Waals surface area (Å²) in [4.78, 5) is 13.5. The SMILES string of the molecule is CC1NCCN(Cc2cc(C#N)ccc2F)C1=O. The van der Waals surface area contributed by atoms with Crippen LogP contribution in [0.25, 0.3) is 0 Å². The lowest BCUT2D eigenvalue weighted by atomic mass is 10.1. The van der Waals surface area contributed by atoms with Gasteiger partial charge in [0.1, 0.15) is 5.82 Å². The molecule has 18 heavy (non-hydrogen) atoms. The van der Waals surface area contributed by atoms with E-state index in [4.69, 9.17) is 5.26 Å². The van der Waals surface area contributed by atoms with E-state index in [0.717, 1.165) is 0 Å². The number of nitrogens with one attached hydrogen (secondary N) is 1. The topological polar surface area (TPSA) is 56.1 Å². The van der Waals surface area contributed by atoms with E-state index in [1.54, 1.807) is 11.8 Å². The molecule has 0 bridgehead atoms. The summed E-state index contributed by atoms with van der Waals surface area (Å²) in [6.45, 7) is 3.26. The molecule has 1 aliphatic rings. The van der Waals surface area contributed by atoms with Gasteiger partial charge in [-0.2, -0.15) is 5.26 Å². The second kappa shape index (κ2) is 5.15. The quantitative estimate of drug-likeness (QED) is 0.848. The summed E-state index contributed by atoms with van der Waals surface area (Å²) in [5, 5.41) is 11.8. The molecule has 0 spiro atoms. The number of hydrogen-bond donors (Lipinski definition) is 1. The van der Waals surface area contributed by atoms with Crippen molar-refractivity contribution in [1.29, 1.82) is 5.26 Å². The van der Waals surface area contributed by atoms with E-state index >= 15 is 0 Å². The number of nitriles is 1. The number of rotatable bonds is 2. The van der Waals surface area contributed by atoms with Crippen molar-refractivity contribution in [3.05, 3.63) is 35.1 Å². The number of amides is 1. The number of nitrogens with zero attached hydrogens (tertiary/aromatic N) is 2. The molecule has 1 N–H and O–H groups in total. The Kier molecular flexibility index (Phi) is 3.58. The standard InChI is InChI=1S/C13H14FN3O/c1-9-13(18)17(5-4-16-9)8-11-6-10(7-15)2-3-12(11)14/h2-3,6,9,16H,4-5,8H2,1H3. The van der Waals surface area contributed by atoms with Crippen LogP contribution in [0.4, 0.5) is 4.39 Å². The molecule has 1 amide bonds. The van der Waals surface area contributed by atoms with E-state index in [-0.39, 0.29) is 24.3 Å². The number of benzene rings is 1. The van der Waals surface area contributed by atoms with Gasteiger partial charge in [-0.25, -0.2) is 4.39 Å². The Morgan fingerprint density at radius 1 is 1.61 bits per heavy atom. The zero-order valence-electron chi connectivity index (χ0n) is 10.1. The Morgan fingerprint density at radius 2 is 2.39 bits per heavy atom. The molecule has 1 fully saturated rings. The van der Waals surface area contributed by atoms with Gasteiger partial charge in [0.2, 0.25) is 5.91 Å². The Hall–Kier alpha value is -1.93. The maximum Gasteiger partial charge on any atom is 0.239 e. The molecule has 1 atom stereocenters. The van der Waals surface area contributed by atoms with Gasteiger partial charge in [-0.1, -0.05) is 0 Å². The summed E-state index contributed by atoms with van der Waals surface area (Å²) in [6, 6.07) is 5.93. The number of halogens is 1. The first kappa shape index (κ1) is 12.5. The van der Waals surface area contributed by atoms with E-state index in [1.807, 2.05) is 6.07 Å². The molecule has 94 valence electrons. The van der Waals surface area contributed by atoms with Crippen LogP contribution in [0.5, 0.6) is 0 Å². The molecule has 1 aromatic rings. The normalized spacial score (nSPS) is 19.7. The smallest absolute Gasteiger partial charge is 0.239 e. The number of carbonyl (C=O) groups is 1. The maximum atomic E-state index is 13.6. The average molecular weight is 247 g/mol. The first-order valence-corrected chi connectivity index (χ1v) is 5.82. The highest BCUT2D eigenvalue weighted by Crippen LogP contribution is 2.14. The van der Waals surface area contributed by atoms with Crippen molar-refractivity contribution in [2.45, 2.75) is 19.5 Å². The van der Waals surface area contributed by atoms with Crippen molar-refractivity contribution >= 4 is 5.91 Å². The minimum Gasteiger partial charge on any atom is -0.336 e. The highest BCUT2D eigenvalue weighted by Gasteiger charge is 2.25. The van der Waals surface area contributed by atoms with E-state index in [1.165, 1.54) is 18.2 Å². The summed E-state index contributed by atoms with van der Waals surface area (Å²) < 4.78 is 13.6. The summed E-state index contributed by atoms with van der Waals surface area (Å²) in [5.41, 5.74) is 0.790. The minimum atomic E-state index is -0.381. The Morgan fingerprint density at radius 3 is 3.11 bits per heavy atom. The zero-order valence-corrected chi connectivity index (χ0v) is 10.1. The molecular weight excluding hydrogens is 233 g/mol. The highest BCUT2D eigenvalue weighted by molar-refractivity contribution is 5.82. The Balaban J connectivity index is 2.18. The van der Waals surface area contributed by atoms with Crippen molar-refractivity contribution < 1.29 is 9.18 Å². The van der Waals surface area contributed by atoms with Crippen LogP contribution in [0, 0.1) is 17.1 Å². The van der Waals surface area contributed by atoms with E-state index < -0.39 is 0 Å². The van der Waals surface area contributed by atoms with Gasteiger partial charge in [0, 0.05) is 25.2 Å². The van der Waals surface area contributed by atoms with Crippen LogP contribution in [0.2, 0.25) is 0 Å². The number of carbonyl (C=O) groups excluding carboxylic acids is 1. The molecule has 2 rings (SSSR count). The predicted molar refractivity (Wildman–Crippen MR) is 64.0 cm³/mol. The highest BCUT2D eigenvalue weighted by atomic mass is 19.1. The number of piperazine rings is 1.